The van der Waals surface area contributed by atoms with Crippen LogP contribution in [-0.2, 0) is 13.0 Å². The molecule has 0 radical (unpaired) electrons. The number of amides is 1. The van der Waals surface area contributed by atoms with Crippen molar-refractivity contribution in [1.82, 2.24) is 15.3 Å². The molecule has 0 aliphatic carbocycles. The van der Waals surface area contributed by atoms with Crippen molar-refractivity contribution >= 4 is 11.9 Å². The van der Waals surface area contributed by atoms with Crippen LogP contribution >= 0.6 is 0 Å². The fourth-order valence-electron chi connectivity index (χ4n) is 2.39. The molecule has 1 aromatic heterocycles. The van der Waals surface area contributed by atoms with Gasteiger partial charge >= 0.3 is 0 Å². The minimum Gasteiger partial charge on any atom is -0.354 e. The Balaban J connectivity index is 1.46. The van der Waals surface area contributed by atoms with Crippen molar-refractivity contribution in [1.29, 1.82) is 0 Å². The lowest BCUT2D eigenvalue weighted by atomic mass is 10.1. The standard InChI is InChI=1S/C20H19FN4O/c21-18-8-6-15(7-9-18)10-11-22-20-24-13-17(14-25-20)19(26)23-12-16-4-2-1-3-5-16/h1-9,13-14H,10-12H2,(H,23,26)(H,22,24,25). The predicted octanol–water partition coefficient (Wildman–Crippen LogP) is 3.20. The summed E-state index contributed by atoms with van der Waals surface area (Å²) < 4.78 is 12.9. The number of aromatic nitrogens is 2. The molecule has 2 aromatic carbocycles. The number of nitrogens with one attached hydrogen (secondary N) is 2. The van der Waals surface area contributed by atoms with Crippen molar-refractivity contribution in [2.75, 3.05) is 11.9 Å². The van der Waals surface area contributed by atoms with E-state index in [1.807, 2.05) is 30.3 Å². The molecule has 0 saturated carbocycles. The summed E-state index contributed by atoms with van der Waals surface area (Å²) in [5, 5.41) is 5.92. The van der Waals surface area contributed by atoms with Crippen molar-refractivity contribution in [3.05, 3.63) is 89.5 Å². The second-order valence-corrected chi connectivity index (χ2v) is 5.77. The Morgan fingerprint density at radius 1 is 0.923 bits per heavy atom. The monoisotopic (exact) mass is 350 g/mol. The zero-order valence-electron chi connectivity index (χ0n) is 14.2. The first-order valence-corrected chi connectivity index (χ1v) is 8.33. The van der Waals surface area contributed by atoms with Crippen LogP contribution in [0.3, 0.4) is 0 Å². The minimum atomic E-state index is -0.244. The third kappa shape index (κ3) is 5.11. The van der Waals surface area contributed by atoms with Gasteiger partial charge in [-0.1, -0.05) is 42.5 Å². The maximum atomic E-state index is 12.9. The fourth-order valence-corrected chi connectivity index (χ4v) is 2.39. The largest absolute Gasteiger partial charge is 0.354 e. The average molecular weight is 350 g/mol. The molecule has 132 valence electrons. The molecule has 1 amide bonds. The molecule has 0 spiro atoms. The second kappa shape index (κ2) is 8.71. The Morgan fingerprint density at radius 2 is 1.62 bits per heavy atom. The first kappa shape index (κ1) is 17.5. The van der Waals surface area contributed by atoms with Crippen LogP contribution in [0.4, 0.5) is 10.3 Å². The van der Waals surface area contributed by atoms with Crippen LogP contribution in [0.15, 0.2) is 67.0 Å². The highest BCUT2D eigenvalue weighted by Gasteiger charge is 2.07. The van der Waals surface area contributed by atoms with Gasteiger partial charge < -0.3 is 10.6 Å². The Hall–Kier alpha value is -3.28. The lowest BCUT2D eigenvalue weighted by Gasteiger charge is -2.07. The van der Waals surface area contributed by atoms with E-state index < -0.39 is 0 Å². The molecular formula is C20H19FN4O. The third-order valence-electron chi connectivity index (χ3n) is 3.82. The molecule has 0 atom stereocenters. The maximum Gasteiger partial charge on any atom is 0.254 e. The van der Waals surface area contributed by atoms with Gasteiger partial charge in [0.2, 0.25) is 5.95 Å². The molecule has 3 rings (SSSR count). The van der Waals surface area contributed by atoms with Gasteiger partial charge in [0, 0.05) is 25.5 Å². The normalized spacial score (nSPS) is 10.3. The molecule has 0 fully saturated rings. The lowest BCUT2D eigenvalue weighted by Crippen LogP contribution is -2.23. The molecule has 26 heavy (non-hydrogen) atoms. The zero-order valence-corrected chi connectivity index (χ0v) is 14.2. The summed E-state index contributed by atoms with van der Waals surface area (Å²) in [7, 11) is 0. The quantitative estimate of drug-likeness (QED) is 0.687. The first-order chi connectivity index (χ1) is 12.7. The molecule has 1 heterocycles. The molecule has 0 bridgehead atoms. The number of nitrogens with zero attached hydrogens (tertiary/aromatic N) is 2. The van der Waals surface area contributed by atoms with Crippen LogP contribution in [0, 0.1) is 5.82 Å². The van der Waals surface area contributed by atoms with Crippen LogP contribution in [0.25, 0.3) is 0 Å². The van der Waals surface area contributed by atoms with E-state index >= 15 is 0 Å². The average Bonchev–Trinajstić information content (AvgIpc) is 2.69. The summed E-state index contributed by atoms with van der Waals surface area (Å²) in [5.74, 6) is -0.00962. The Bertz CT molecular complexity index is 836. The number of hydrogen-bond donors (Lipinski definition) is 2. The molecule has 0 aliphatic heterocycles. The van der Waals surface area contributed by atoms with Gasteiger partial charge in [0.15, 0.2) is 0 Å². The number of carbonyl (C=O) groups excluding carboxylic acids is 1. The van der Waals surface area contributed by atoms with Gasteiger partial charge in [-0.3, -0.25) is 4.79 Å². The van der Waals surface area contributed by atoms with Gasteiger partial charge in [-0.05, 0) is 29.7 Å². The van der Waals surface area contributed by atoms with Gasteiger partial charge in [-0.2, -0.15) is 0 Å². The van der Waals surface area contributed by atoms with E-state index in [2.05, 4.69) is 20.6 Å². The van der Waals surface area contributed by atoms with Crippen molar-refractivity contribution in [3.8, 4) is 0 Å². The summed E-state index contributed by atoms with van der Waals surface area (Å²) in [6.07, 6.45) is 3.71. The number of benzene rings is 2. The van der Waals surface area contributed by atoms with E-state index in [1.54, 1.807) is 12.1 Å². The molecule has 0 aliphatic rings. The van der Waals surface area contributed by atoms with E-state index in [0.29, 0.717) is 24.6 Å². The molecule has 6 heteroatoms. The van der Waals surface area contributed by atoms with Crippen LogP contribution < -0.4 is 10.6 Å². The summed E-state index contributed by atoms with van der Waals surface area (Å²) in [6.45, 7) is 1.07. The van der Waals surface area contributed by atoms with Crippen LogP contribution in [-0.4, -0.2) is 22.4 Å². The highest BCUT2D eigenvalue weighted by molar-refractivity contribution is 5.93. The van der Waals surface area contributed by atoms with E-state index in [0.717, 1.165) is 17.5 Å². The van der Waals surface area contributed by atoms with Gasteiger partial charge in [-0.25, -0.2) is 14.4 Å². The van der Waals surface area contributed by atoms with Gasteiger partial charge in [-0.15, -0.1) is 0 Å². The van der Waals surface area contributed by atoms with E-state index in [9.17, 15) is 9.18 Å². The number of rotatable bonds is 7. The van der Waals surface area contributed by atoms with Gasteiger partial charge in [0.25, 0.3) is 5.91 Å². The highest BCUT2D eigenvalue weighted by atomic mass is 19.1. The van der Waals surface area contributed by atoms with Gasteiger partial charge in [0.1, 0.15) is 5.82 Å². The molecule has 2 N–H and O–H groups in total. The van der Waals surface area contributed by atoms with E-state index in [1.165, 1.54) is 24.5 Å². The van der Waals surface area contributed by atoms with E-state index in [4.69, 9.17) is 0 Å². The molecule has 5 nitrogen and oxygen atoms in total. The van der Waals surface area contributed by atoms with Crippen molar-refractivity contribution in [2.45, 2.75) is 13.0 Å². The zero-order chi connectivity index (χ0) is 18.2. The Kier molecular flexibility index (Phi) is 5.88. The van der Waals surface area contributed by atoms with E-state index in [-0.39, 0.29) is 11.7 Å². The lowest BCUT2D eigenvalue weighted by molar-refractivity contribution is 0.0950. The number of carbonyl (C=O) groups is 1. The number of anilines is 1. The maximum absolute atomic E-state index is 12.9. The summed E-state index contributed by atoms with van der Waals surface area (Å²) in [4.78, 5) is 20.4. The Morgan fingerprint density at radius 3 is 2.31 bits per heavy atom. The predicted molar refractivity (Wildman–Crippen MR) is 98.2 cm³/mol. The topological polar surface area (TPSA) is 66.9 Å². The van der Waals surface area contributed by atoms with Crippen LogP contribution in [0.2, 0.25) is 0 Å². The van der Waals surface area contributed by atoms with Crippen LogP contribution in [0.5, 0.6) is 0 Å². The van der Waals surface area contributed by atoms with Gasteiger partial charge in [0.05, 0.1) is 5.56 Å². The highest BCUT2D eigenvalue weighted by Crippen LogP contribution is 2.05. The Labute approximate surface area is 151 Å². The third-order valence-corrected chi connectivity index (χ3v) is 3.82. The summed E-state index contributed by atoms with van der Waals surface area (Å²) in [6, 6.07) is 16.1. The molecular weight excluding hydrogens is 331 g/mol. The second-order valence-electron chi connectivity index (χ2n) is 5.77. The van der Waals surface area contributed by atoms with Crippen molar-refractivity contribution in [3.63, 3.8) is 0 Å². The van der Waals surface area contributed by atoms with Crippen LogP contribution in [0.1, 0.15) is 21.5 Å². The smallest absolute Gasteiger partial charge is 0.254 e. The fraction of sp³-hybridized carbons (Fsp3) is 0.150. The number of halogens is 1. The van der Waals surface area contributed by atoms with Crippen molar-refractivity contribution in [2.24, 2.45) is 0 Å². The SMILES string of the molecule is O=C(NCc1ccccc1)c1cnc(NCCc2ccc(F)cc2)nc1. The molecule has 3 aromatic rings. The first-order valence-electron chi connectivity index (χ1n) is 8.33. The summed E-state index contributed by atoms with van der Waals surface area (Å²) >= 11 is 0. The summed E-state index contributed by atoms with van der Waals surface area (Å²) in [5.41, 5.74) is 2.46. The molecule has 0 saturated heterocycles. The minimum absolute atomic E-state index is 0.216. The molecule has 0 unspecified atom stereocenters. The number of hydrogen-bond acceptors (Lipinski definition) is 4. The van der Waals surface area contributed by atoms with Crippen molar-refractivity contribution < 1.29 is 9.18 Å².